The number of oxazole rings is 1. The van der Waals surface area contributed by atoms with Crippen molar-refractivity contribution < 1.29 is 4.42 Å². The summed E-state index contributed by atoms with van der Waals surface area (Å²) in [6, 6.07) is 0. The summed E-state index contributed by atoms with van der Waals surface area (Å²) in [5.41, 5.74) is 0. The molecule has 3 nitrogen and oxygen atoms in total. The van der Waals surface area contributed by atoms with E-state index in [0.29, 0.717) is 0 Å². The smallest absolute Gasteiger partial charge is 0.208 e. The third kappa shape index (κ3) is 4.47. The molecule has 0 bridgehead atoms. The van der Waals surface area contributed by atoms with E-state index in [1.165, 1.54) is 12.8 Å². The second-order valence-electron chi connectivity index (χ2n) is 4.10. The van der Waals surface area contributed by atoms with Crippen molar-refractivity contribution in [2.24, 2.45) is 5.92 Å². The molecule has 86 valence electrons. The lowest BCUT2D eigenvalue weighted by atomic mass is 10.1. The van der Waals surface area contributed by atoms with Crippen molar-refractivity contribution in [3.05, 3.63) is 17.8 Å². The van der Waals surface area contributed by atoms with Gasteiger partial charge in [-0.3, -0.25) is 0 Å². The molecule has 1 aromatic rings. The average Bonchev–Trinajstić information content (AvgIpc) is 2.66. The molecular weight excluding hydrogens is 188 g/mol. The van der Waals surface area contributed by atoms with Crippen LogP contribution in [0, 0.1) is 5.92 Å². The lowest BCUT2D eigenvalue weighted by Crippen LogP contribution is -2.20. The van der Waals surface area contributed by atoms with E-state index in [0.717, 1.165) is 37.1 Å². The predicted octanol–water partition coefficient (Wildman–Crippen LogP) is 2.76. The van der Waals surface area contributed by atoms with Gasteiger partial charge < -0.3 is 9.73 Å². The summed E-state index contributed by atoms with van der Waals surface area (Å²) in [6.45, 7) is 8.34. The van der Waals surface area contributed by atoms with E-state index in [1.807, 2.05) is 6.20 Å². The SMILES string of the molecule is CCCC(C)CNCc1ncc(CC)o1. The Balaban J connectivity index is 2.19. The largest absolute Gasteiger partial charge is 0.444 e. The van der Waals surface area contributed by atoms with Gasteiger partial charge in [-0.2, -0.15) is 0 Å². The summed E-state index contributed by atoms with van der Waals surface area (Å²) in [5, 5.41) is 3.37. The first-order chi connectivity index (χ1) is 7.26. The average molecular weight is 210 g/mol. The normalized spacial score (nSPS) is 13.0. The number of hydrogen-bond donors (Lipinski definition) is 1. The van der Waals surface area contributed by atoms with E-state index < -0.39 is 0 Å². The van der Waals surface area contributed by atoms with Crippen LogP contribution in [0.2, 0.25) is 0 Å². The first kappa shape index (κ1) is 12.2. The van der Waals surface area contributed by atoms with Gasteiger partial charge in [0.1, 0.15) is 5.76 Å². The highest BCUT2D eigenvalue weighted by atomic mass is 16.4. The fourth-order valence-corrected chi connectivity index (χ4v) is 1.61. The van der Waals surface area contributed by atoms with Gasteiger partial charge in [0.25, 0.3) is 0 Å². The first-order valence-corrected chi connectivity index (χ1v) is 5.90. The van der Waals surface area contributed by atoms with Gasteiger partial charge in [0.15, 0.2) is 0 Å². The standard InChI is InChI=1S/C12H22N2O/c1-4-6-10(3)7-13-9-12-14-8-11(5-2)15-12/h8,10,13H,4-7,9H2,1-3H3. The van der Waals surface area contributed by atoms with Crippen LogP contribution in [0.5, 0.6) is 0 Å². The van der Waals surface area contributed by atoms with Gasteiger partial charge in [-0.05, 0) is 18.9 Å². The van der Waals surface area contributed by atoms with Gasteiger partial charge in [0, 0.05) is 6.42 Å². The van der Waals surface area contributed by atoms with Crippen LogP contribution in [0.15, 0.2) is 10.6 Å². The van der Waals surface area contributed by atoms with Crippen LogP contribution in [0.25, 0.3) is 0 Å². The Bertz CT molecular complexity index is 270. The molecule has 0 aliphatic carbocycles. The number of aryl methyl sites for hydroxylation is 1. The molecule has 1 aromatic heterocycles. The second-order valence-corrected chi connectivity index (χ2v) is 4.10. The van der Waals surface area contributed by atoms with Crippen LogP contribution in [0.4, 0.5) is 0 Å². The van der Waals surface area contributed by atoms with Gasteiger partial charge in [-0.25, -0.2) is 4.98 Å². The van der Waals surface area contributed by atoms with Gasteiger partial charge in [0.2, 0.25) is 5.89 Å². The molecule has 0 radical (unpaired) electrons. The van der Waals surface area contributed by atoms with Crippen LogP contribution in [-0.4, -0.2) is 11.5 Å². The summed E-state index contributed by atoms with van der Waals surface area (Å²) in [7, 11) is 0. The minimum atomic E-state index is 0.732. The van der Waals surface area contributed by atoms with Crippen LogP contribution in [0.1, 0.15) is 45.3 Å². The van der Waals surface area contributed by atoms with Gasteiger partial charge in [-0.1, -0.05) is 27.2 Å². The Morgan fingerprint density at radius 2 is 2.27 bits per heavy atom. The van der Waals surface area contributed by atoms with Crippen LogP contribution < -0.4 is 5.32 Å². The molecule has 0 fully saturated rings. The third-order valence-corrected chi connectivity index (χ3v) is 2.50. The number of hydrogen-bond acceptors (Lipinski definition) is 3. The Morgan fingerprint density at radius 1 is 1.47 bits per heavy atom. The molecule has 0 saturated carbocycles. The van der Waals surface area contributed by atoms with E-state index in [4.69, 9.17) is 4.42 Å². The second kappa shape index (κ2) is 6.62. The van der Waals surface area contributed by atoms with Crippen molar-refractivity contribution in [2.75, 3.05) is 6.54 Å². The molecule has 1 rings (SSSR count). The zero-order valence-electron chi connectivity index (χ0n) is 10.0. The van der Waals surface area contributed by atoms with Crippen molar-refractivity contribution in [1.82, 2.24) is 10.3 Å². The van der Waals surface area contributed by atoms with E-state index in [-0.39, 0.29) is 0 Å². The zero-order valence-corrected chi connectivity index (χ0v) is 10.0. The number of aromatic nitrogens is 1. The maximum absolute atomic E-state index is 5.50. The topological polar surface area (TPSA) is 38.1 Å². The van der Waals surface area contributed by atoms with Crippen molar-refractivity contribution in [2.45, 2.75) is 46.6 Å². The maximum Gasteiger partial charge on any atom is 0.208 e. The molecule has 1 atom stereocenters. The molecule has 1 unspecified atom stereocenters. The quantitative estimate of drug-likeness (QED) is 0.752. The molecule has 3 heteroatoms. The van der Waals surface area contributed by atoms with Crippen LogP contribution in [-0.2, 0) is 13.0 Å². The highest BCUT2D eigenvalue weighted by molar-refractivity contribution is 4.93. The van der Waals surface area contributed by atoms with Gasteiger partial charge in [-0.15, -0.1) is 0 Å². The van der Waals surface area contributed by atoms with Crippen molar-refractivity contribution >= 4 is 0 Å². The highest BCUT2D eigenvalue weighted by Gasteiger charge is 2.03. The van der Waals surface area contributed by atoms with Crippen LogP contribution in [0.3, 0.4) is 0 Å². The summed E-state index contributed by atoms with van der Waals surface area (Å²) in [4.78, 5) is 4.20. The molecule has 0 saturated heterocycles. The van der Waals surface area contributed by atoms with Crippen molar-refractivity contribution in [1.29, 1.82) is 0 Å². The van der Waals surface area contributed by atoms with E-state index in [2.05, 4.69) is 31.1 Å². The molecule has 0 aliphatic rings. The molecule has 1 N–H and O–H groups in total. The summed E-state index contributed by atoms with van der Waals surface area (Å²) in [6.07, 6.45) is 5.26. The highest BCUT2D eigenvalue weighted by Crippen LogP contribution is 2.05. The predicted molar refractivity (Wildman–Crippen MR) is 61.7 cm³/mol. The number of nitrogens with one attached hydrogen (secondary N) is 1. The van der Waals surface area contributed by atoms with Crippen molar-refractivity contribution in [3.8, 4) is 0 Å². The summed E-state index contributed by atoms with van der Waals surface area (Å²) < 4.78 is 5.50. The lowest BCUT2D eigenvalue weighted by Gasteiger charge is -2.09. The van der Waals surface area contributed by atoms with Crippen LogP contribution >= 0.6 is 0 Å². The minimum absolute atomic E-state index is 0.732. The number of nitrogens with zero attached hydrogens (tertiary/aromatic N) is 1. The third-order valence-electron chi connectivity index (χ3n) is 2.50. The fraction of sp³-hybridized carbons (Fsp3) is 0.750. The first-order valence-electron chi connectivity index (χ1n) is 5.90. The van der Waals surface area contributed by atoms with Gasteiger partial charge in [0.05, 0.1) is 12.7 Å². The molecular formula is C12H22N2O. The Morgan fingerprint density at radius 3 is 2.87 bits per heavy atom. The molecule has 1 heterocycles. The monoisotopic (exact) mass is 210 g/mol. The van der Waals surface area contributed by atoms with E-state index in [9.17, 15) is 0 Å². The zero-order chi connectivity index (χ0) is 11.1. The fourth-order valence-electron chi connectivity index (χ4n) is 1.61. The Hall–Kier alpha value is -0.830. The summed E-state index contributed by atoms with van der Waals surface area (Å²) >= 11 is 0. The van der Waals surface area contributed by atoms with E-state index in [1.54, 1.807) is 0 Å². The molecule has 0 amide bonds. The Kier molecular flexibility index (Phi) is 5.40. The van der Waals surface area contributed by atoms with E-state index >= 15 is 0 Å². The van der Waals surface area contributed by atoms with Crippen molar-refractivity contribution in [3.63, 3.8) is 0 Å². The Labute approximate surface area is 92.3 Å². The molecule has 0 aliphatic heterocycles. The molecule has 0 aromatic carbocycles. The minimum Gasteiger partial charge on any atom is -0.444 e. The van der Waals surface area contributed by atoms with Gasteiger partial charge >= 0.3 is 0 Å². The number of rotatable bonds is 7. The molecule has 0 spiro atoms. The maximum atomic E-state index is 5.50. The molecule has 15 heavy (non-hydrogen) atoms. The summed E-state index contributed by atoms with van der Waals surface area (Å²) in [5.74, 6) is 2.50. The lowest BCUT2D eigenvalue weighted by molar-refractivity contribution is 0.415.